The summed E-state index contributed by atoms with van der Waals surface area (Å²) >= 11 is 0. The average molecular weight is 215 g/mol. The zero-order valence-electron chi connectivity index (χ0n) is 9.53. The number of nitrogens with one attached hydrogen (secondary N) is 1. The molecule has 0 unspecified atom stereocenters. The van der Waals surface area contributed by atoms with Gasteiger partial charge in [0.2, 0.25) is 0 Å². The summed E-state index contributed by atoms with van der Waals surface area (Å²) in [5, 5.41) is 7.08. The summed E-state index contributed by atoms with van der Waals surface area (Å²) in [6.07, 6.45) is 3.68. The van der Waals surface area contributed by atoms with Gasteiger partial charge in [-0.15, -0.1) is 0 Å². The summed E-state index contributed by atoms with van der Waals surface area (Å²) in [6.45, 7) is 2.75. The molecule has 16 heavy (non-hydrogen) atoms. The van der Waals surface area contributed by atoms with Gasteiger partial charge in [-0.1, -0.05) is 29.8 Å². The molecule has 0 spiro atoms. The van der Waals surface area contributed by atoms with E-state index in [0.29, 0.717) is 6.54 Å². The van der Waals surface area contributed by atoms with Crippen LogP contribution in [0.2, 0.25) is 0 Å². The number of nitrogens with zero attached hydrogens (tertiary/aromatic N) is 1. The Morgan fingerprint density at radius 3 is 2.69 bits per heavy atom. The molecule has 2 aromatic rings. The molecule has 0 amide bonds. The third-order valence-electron chi connectivity index (χ3n) is 2.72. The summed E-state index contributed by atoms with van der Waals surface area (Å²) in [4.78, 5) is 0. The minimum atomic E-state index is 0.656. The molecule has 0 bridgehead atoms. The normalized spacial score (nSPS) is 10.6. The number of hydrogen-bond donors (Lipinski definition) is 2. The van der Waals surface area contributed by atoms with Crippen LogP contribution in [0.5, 0.6) is 0 Å². The van der Waals surface area contributed by atoms with E-state index in [1.54, 1.807) is 0 Å². The molecule has 2 rings (SSSR count). The first-order valence-corrected chi connectivity index (χ1v) is 5.56. The molecule has 0 radical (unpaired) electrons. The number of aromatic amines is 1. The van der Waals surface area contributed by atoms with Crippen LogP contribution in [-0.2, 0) is 12.8 Å². The van der Waals surface area contributed by atoms with Crippen molar-refractivity contribution in [1.29, 1.82) is 0 Å². The maximum Gasteiger partial charge on any atom is 0.0525 e. The molecule has 0 saturated carbocycles. The van der Waals surface area contributed by atoms with Gasteiger partial charge in [0.15, 0.2) is 0 Å². The lowest BCUT2D eigenvalue weighted by Crippen LogP contribution is -2.05. The Bertz CT molecular complexity index is 442. The fraction of sp³-hybridized carbons (Fsp3) is 0.308. The largest absolute Gasteiger partial charge is 0.330 e. The first-order chi connectivity index (χ1) is 7.79. The Hall–Kier alpha value is -1.61. The van der Waals surface area contributed by atoms with Crippen LogP contribution in [0, 0.1) is 6.92 Å². The quantitative estimate of drug-likeness (QED) is 0.817. The number of aryl methyl sites for hydroxylation is 1. The topological polar surface area (TPSA) is 54.7 Å². The van der Waals surface area contributed by atoms with Gasteiger partial charge in [0.25, 0.3) is 0 Å². The Morgan fingerprint density at radius 2 is 2.00 bits per heavy atom. The van der Waals surface area contributed by atoms with Crippen LogP contribution in [0.1, 0.15) is 22.4 Å². The number of H-pyrrole nitrogens is 1. The summed E-state index contributed by atoms with van der Waals surface area (Å²) in [5.41, 5.74) is 10.6. The number of rotatable bonds is 4. The van der Waals surface area contributed by atoms with Crippen molar-refractivity contribution >= 4 is 0 Å². The van der Waals surface area contributed by atoms with E-state index in [1.807, 2.05) is 6.20 Å². The van der Waals surface area contributed by atoms with Gasteiger partial charge >= 0.3 is 0 Å². The van der Waals surface area contributed by atoms with Gasteiger partial charge in [-0.25, -0.2) is 0 Å². The summed E-state index contributed by atoms with van der Waals surface area (Å²) < 4.78 is 0. The molecule has 1 heterocycles. The van der Waals surface area contributed by atoms with E-state index in [4.69, 9.17) is 5.73 Å². The van der Waals surface area contributed by atoms with Crippen LogP contribution in [-0.4, -0.2) is 16.7 Å². The highest BCUT2D eigenvalue weighted by molar-refractivity contribution is 5.29. The molecule has 0 aliphatic rings. The predicted octanol–water partition coefficient (Wildman–Crippen LogP) is 1.81. The summed E-state index contributed by atoms with van der Waals surface area (Å²) in [5.74, 6) is 0. The van der Waals surface area contributed by atoms with Crippen molar-refractivity contribution in [3.8, 4) is 0 Å². The lowest BCUT2D eigenvalue weighted by molar-refractivity contribution is 0.890. The zero-order chi connectivity index (χ0) is 11.4. The highest BCUT2D eigenvalue weighted by Gasteiger charge is 2.04. The second kappa shape index (κ2) is 4.94. The van der Waals surface area contributed by atoms with Crippen LogP contribution in [0.3, 0.4) is 0 Å². The SMILES string of the molecule is Cc1ccc(Cc2cn[nH]c2CCN)cc1. The standard InChI is InChI=1S/C13H17N3/c1-10-2-4-11(5-3-10)8-12-9-15-16-13(12)6-7-14/h2-5,9H,6-8,14H2,1H3,(H,15,16). The minimum absolute atomic E-state index is 0.656. The summed E-state index contributed by atoms with van der Waals surface area (Å²) in [6, 6.07) is 8.60. The van der Waals surface area contributed by atoms with Crippen molar-refractivity contribution in [2.75, 3.05) is 6.54 Å². The molecule has 1 aromatic heterocycles. The summed E-state index contributed by atoms with van der Waals surface area (Å²) in [7, 11) is 0. The van der Waals surface area contributed by atoms with Gasteiger partial charge < -0.3 is 5.73 Å². The second-order valence-electron chi connectivity index (χ2n) is 4.07. The lowest BCUT2D eigenvalue weighted by Gasteiger charge is -2.02. The Labute approximate surface area is 95.7 Å². The molecule has 3 nitrogen and oxygen atoms in total. The van der Waals surface area contributed by atoms with Crippen LogP contribution in [0.4, 0.5) is 0 Å². The monoisotopic (exact) mass is 215 g/mol. The van der Waals surface area contributed by atoms with E-state index in [-0.39, 0.29) is 0 Å². The molecule has 0 atom stereocenters. The molecule has 0 aliphatic carbocycles. The molecule has 3 heteroatoms. The first-order valence-electron chi connectivity index (χ1n) is 5.56. The van der Waals surface area contributed by atoms with Crippen LogP contribution in [0.15, 0.2) is 30.5 Å². The lowest BCUT2D eigenvalue weighted by atomic mass is 10.0. The van der Waals surface area contributed by atoms with E-state index >= 15 is 0 Å². The zero-order valence-corrected chi connectivity index (χ0v) is 9.53. The van der Waals surface area contributed by atoms with Crippen molar-refractivity contribution < 1.29 is 0 Å². The average Bonchev–Trinajstić information content (AvgIpc) is 2.70. The smallest absolute Gasteiger partial charge is 0.0525 e. The van der Waals surface area contributed by atoms with Gasteiger partial charge in [0.1, 0.15) is 0 Å². The van der Waals surface area contributed by atoms with E-state index in [2.05, 4.69) is 41.4 Å². The molecule has 0 fully saturated rings. The van der Waals surface area contributed by atoms with Gasteiger partial charge in [-0.3, -0.25) is 5.10 Å². The van der Waals surface area contributed by atoms with Gasteiger partial charge in [-0.2, -0.15) is 5.10 Å². The van der Waals surface area contributed by atoms with E-state index in [0.717, 1.165) is 18.5 Å². The first kappa shape index (κ1) is 10.9. The number of aromatic nitrogens is 2. The molecule has 0 saturated heterocycles. The van der Waals surface area contributed by atoms with E-state index < -0.39 is 0 Å². The predicted molar refractivity (Wildman–Crippen MR) is 65.3 cm³/mol. The van der Waals surface area contributed by atoms with Crippen LogP contribution < -0.4 is 5.73 Å². The van der Waals surface area contributed by atoms with Crippen molar-refractivity contribution in [3.63, 3.8) is 0 Å². The number of hydrogen-bond acceptors (Lipinski definition) is 2. The van der Waals surface area contributed by atoms with Crippen molar-refractivity contribution in [1.82, 2.24) is 10.2 Å². The van der Waals surface area contributed by atoms with Crippen LogP contribution >= 0.6 is 0 Å². The highest BCUT2D eigenvalue weighted by atomic mass is 15.1. The van der Waals surface area contributed by atoms with Crippen molar-refractivity contribution in [2.45, 2.75) is 19.8 Å². The van der Waals surface area contributed by atoms with E-state index in [9.17, 15) is 0 Å². The maximum absolute atomic E-state index is 5.55. The van der Waals surface area contributed by atoms with Gasteiger partial charge in [-0.05, 0) is 24.6 Å². The fourth-order valence-corrected chi connectivity index (χ4v) is 1.78. The molecule has 1 aromatic carbocycles. The van der Waals surface area contributed by atoms with Crippen molar-refractivity contribution in [2.24, 2.45) is 5.73 Å². The maximum atomic E-state index is 5.55. The molecule has 84 valence electrons. The Morgan fingerprint density at radius 1 is 1.25 bits per heavy atom. The second-order valence-corrected chi connectivity index (χ2v) is 4.07. The number of nitrogens with two attached hydrogens (primary N) is 1. The van der Waals surface area contributed by atoms with Crippen LogP contribution in [0.25, 0.3) is 0 Å². The highest BCUT2D eigenvalue weighted by Crippen LogP contribution is 2.13. The van der Waals surface area contributed by atoms with Gasteiger partial charge in [0, 0.05) is 18.5 Å². The molecular formula is C13H17N3. The number of benzene rings is 1. The third-order valence-corrected chi connectivity index (χ3v) is 2.72. The molecule has 0 aliphatic heterocycles. The minimum Gasteiger partial charge on any atom is -0.330 e. The Balaban J connectivity index is 2.13. The third kappa shape index (κ3) is 2.49. The van der Waals surface area contributed by atoms with Gasteiger partial charge in [0.05, 0.1) is 6.20 Å². The van der Waals surface area contributed by atoms with E-state index in [1.165, 1.54) is 16.7 Å². The fourth-order valence-electron chi connectivity index (χ4n) is 1.78. The molecule has 3 N–H and O–H groups in total. The Kier molecular flexibility index (Phi) is 3.37. The van der Waals surface area contributed by atoms with Crippen molar-refractivity contribution in [3.05, 3.63) is 52.8 Å². The molecular weight excluding hydrogens is 198 g/mol.